The van der Waals surface area contributed by atoms with E-state index in [2.05, 4.69) is 32.4 Å². The van der Waals surface area contributed by atoms with Crippen molar-refractivity contribution in [3.05, 3.63) is 0 Å². The molecule has 0 bridgehead atoms. The number of rotatable bonds is 12. The first-order chi connectivity index (χ1) is 13.9. The van der Waals surface area contributed by atoms with Crippen LogP contribution in [0.15, 0.2) is 0 Å². The van der Waals surface area contributed by atoms with Gasteiger partial charge >= 0.3 is 5.97 Å². The summed E-state index contributed by atoms with van der Waals surface area (Å²) in [4.78, 5) is 41.5. The summed E-state index contributed by atoms with van der Waals surface area (Å²) in [6.07, 6.45) is 3.71. The number of likely N-dealkylation sites (N-methyl/N-ethyl adjacent to an activating group) is 1. The van der Waals surface area contributed by atoms with Crippen molar-refractivity contribution < 1.29 is 19.5 Å². The highest BCUT2D eigenvalue weighted by atomic mass is 16.5. The van der Waals surface area contributed by atoms with E-state index in [1.165, 1.54) is 0 Å². The van der Waals surface area contributed by atoms with Gasteiger partial charge in [0.2, 0.25) is 11.8 Å². The molecule has 29 heavy (non-hydrogen) atoms. The van der Waals surface area contributed by atoms with Crippen molar-refractivity contribution in [3.63, 3.8) is 0 Å². The molecule has 1 unspecified atom stereocenters. The number of nitrogens with one attached hydrogen (secondary N) is 2. The van der Waals surface area contributed by atoms with E-state index in [0.29, 0.717) is 44.9 Å². The Kier molecular flexibility index (Phi) is 10.4. The monoisotopic (exact) mass is 422 g/mol. The van der Waals surface area contributed by atoms with Crippen LogP contribution in [0.3, 0.4) is 0 Å². The molecule has 0 aliphatic carbocycles. The second-order valence-corrected chi connectivity index (χ2v) is 8.17. The molecule has 2 fully saturated rings. The van der Waals surface area contributed by atoms with Crippen molar-refractivity contribution in [2.24, 2.45) is 0 Å². The predicted molar refractivity (Wildman–Crippen MR) is 111 cm³/mol. The van der Waals surface area contributed by atoms with Crippen molar-refractivity contribution >= 4 is 17.8 Å². The second-order valence-electron chi connectivity index (χ2n) is 8.17. The molecular weight excluding hydrogens is 385 g/mol. The van der Waals surface area contributed by atoms with Gasteiger partial charge in [-0.3, -0.25) is 24.2 Å². The number of carbonyl (C=O) groups excluding carboxylic acids is 2. The second kappa shape index (κ2) is 12.8. The van der Waals surface area contributed by atoms with E-state index >= 15 is 0 Å². The van der Waals surface area contributed by atoms with Gasteiger partial charge in [-0.15, -0.1) is 0 Å². The first kappa shape index (κ1) is 23.6. The number of hydrogen-bond acceptors (Lipinski definition) is 6. The number of likely N-dealkylation sites (tertiary alicyclic amines) is 1. The fraction of sp³-hybridized carbons (Fsp3) is 0.850. The zero-order valence-electron chi connectivity index (χ0n) is 17.7. The normalized spacial score (nSPS) is 21.2. The lowest BCUT2D eigenvalue weighted by Crippen LogP contribution is -2.50. The molecule has 1 atom stereocenters. The highest BCUT2D eigenvalue weighted by Crippen LogP contribution is 2.18. The van der Waals surface area contributed by atoms with E-state index in [-0.39, 0.29) is 18.2 Å². The number of amides is 2. The molecule has 9 nitrogen and oxygen atoms in total. The summed E-state index contributed by atoms with van der Waals surface area (Å²) in [6, 6.07) is 0.459. The van der Waals surface area contributed by atoms with E-state index in [9.17, 15) is 14.4 Å². The summed E-state index contributed by atoms with van der Waals surface area (Å²) in [5.74, 6) is -0.931. The number of carboxylic acid groups (broad SMARTS) is 1. The summed E-state index contributed by atoms with van der Waals surface area (Å²) < 4.78 is 0. The molecule has 0 radical (unpaired) electrons. The van der Waals surface area contributed by atoms with Crippen LogP contribution >= 0.6 is 0 Å². The molecule has 2 aliphatic rings. The summed E-state index contributed by atoms with van der Waals surface area (Å²) in [6.45, 7) is 7.74. The minimum absolute atomic E-state index is 0.0251. The number of piperazine rings is 1. The number of carbonyl (C=O) groups is 3. The molecule has 166 valence electrons. The molecule has 2 amide bonds. The predicted octanol–water partition coefficient (Wildman–Crippen LogP) is -0.424. The Morgan fingerprint density at radius 1 is 0.931 bits per heavy atom. The SMILES string of the molecule is C[15N]1[13CH2][13CH2][15N](CC2CCC[15N]2CC(=O)NCC[13CH2][13C](=O)NCC[13CH2][13C](=O)O)[13CH2][13CH2]1. The van der Waals surface area contributed by atoms with Crippen LogP contribution in [0, 0.1) is 0 Å². The number of carboxylic acids is 1. The third kappa shape index (κ3) is 9.56. The molecule has 0 aromatic carbocycles. The zero-order chi connectivity index (χ0) is 21.1. The van der Waals surface area contributed by atoms with Gasteiger partial charge in [0, 0.05) is 64.7 Å². The molecule has 2 aliphatic heterocycles. The van der Waals surface area contributed by atoms with Gasteiger partial charge in [-0.2, -0.15) is 0 Å². The number of nitrogens with zero attached hydrogens (tertiary/aromatic N) is 3. The standard InChI is InChI=1S/C20H37N5O4/c1-23-11-13-24(14-12-23)15-17-5-4-10-25(17)16-19(27)22-8-2-6-18(26)21-9-3-7-20(28)29/h17H,2-16H2,1H3,(H,21,26)(H,22,27)(H,28,29)/i6+1,7+1,11+1,12+1,13+1,14+1,18+1,20+1,23+1,24+1,25+1. The summed E-state index contributed by atoms with van der Waals surface area (Å²) in [5, 5.41) is 14.2. The smallest absolute Gasteiger partial charge is 0.303 e. The lowest BCUT2D eigenvalue weighted by atomic mass is 10.2. The van der Waals surface area contributed by atoms with Crippen LogP contribution in [0.25, 0.3) is 0 Å². The van der Waals surface area contributed by atoms with Crippen molar-refractivity contribution in [3.8, 4) is 0 Å². The van der Waals surface area contributed by atoms with Crippen molar-refractivity contribution in [1.29, 1.82) is 0 Å². The summed E-state index contributed by atoms with van der Waals surface area (Å²) >= 11 is 0. The van der Waals surface area contributed by atoms with Gasteiger partial charge in [-0.25, -0.2) is 0 Å². The third-order valence-electron chi connectivity index (χ3n) is 5.70. The number of aliphatic carboxylic acids is 1. The van der Waals surface area contributed by atoms with Gasteiger partial charge in [0.1, 0.15) is 0 Å². The molecule has 0 aromatic rings. The van der Waals surface area contributed by atoms with E-state index < -0.39 is 5.97 Å². The van der Waals surface area contributed by atoms with Crippen LogP contribution in [0.4, 0.5) is 0 Å². The quantitative estimate of drug-likeness (QED) is 0.223. The highest BCUT2D eigenvalue weighted by Gasteiger charge is 2.28. The maximum absolute atomic E-state index is 12.3. The minimum Gasteiger partial charge on any atom is -0.481 e. The molecule has 9 heteroatoms. The maximum atomic E-state index is 12.3. The third-order valence-corrected chi connectivity index (χ3v) is 5.70. The Labute approximate surface area is 173 Å². The van der Waals surface area contributed by atoms with Crippen molar-refractivity contribution in [1.82, 2.24) is 25.3 Å². The van der Waals surface area contributed by atoms with Gasteiger partial charge in [-0.1, -0.05) is 0 Å². The molecule has 2 saturated heterocycles. The zero-order valence-corrected chi connectivity index (χ0v) is 17.7. The Balaban J connectivity index is 1.55. The van der Waals surface area contributed by atoms with Crippen molar-refractivity contribution in [2.45, 2.75) is 44.6 Å². The number of hydrogen-bond donors (Lipinski definition) is 3. The van der Waals surface area contributed by atoms with Gasteiger partial charge in [0.05, 0.1) is 6.54 Å². The topological polar surface area (TPSA) is 105 Å². The van der Waals surface area contributed by atoms with Crippen LogP contribution in [0.5, 0.6) is 0 Å². The molecular formula is C20H37N5O4. The first-order valence-corrected chi connectivity index (χ1v) is 10.8. The van der Waals surface area contributed by atoms with Gasteiger partial charge in [0.25, 0.3) is 0 Å². The fourth-order valence-corrected chi connectivity index (χ4v) is 3.91. The van der Waals surface area contributed by atoms with Crippen LogP contribution < -0.4 is 10.6 Å². The maximum Gasteiger partial charge on any atom is 0.303 e. The molecule has 2 heterocycles. The van der Waals surface area contributed by atoms with E-state index in [0.717, 1.165) is 52.1 Å². The summed E-state index contributed by atoms with van der Waals surface area (Å²) in [5.41, 5.74) is 0. The Morgan fingerprint density at radius 2 is 1.59 bits per heavy atom. The van der Waals surface area contributed by atoms with Crippen LogP contribution in [0.1, 0.15) is 38.5 Å². The van der Waals surface area contributed by atoms with Crippen LogP contribution in [0.2, 0.25) is 0 Å². The molecule has 3 N–H and O–H groups in total. The van der Waals surface area contributed by atoms with Crippen LogP contribution in [-0.4, -0.2) is 110 Å². The Morgan fingerprint density at radius 3 is 2.28 bits per heavy atom. The molecule has 0 saturated carbocycles. The van der Waals surface area contributed by atoms with Gasteiger partial charge < -0.3 is 20.6 Å². The van der Waals surface area contributed by atoms with E-state index in [1.54, 1.807) is 0 Å². The minimum atomic E-state index is -0.856. The Hall–Kier alpha value is -1.71. The van der Waals surface area contributed by atoms with E-state index in [4.69, 9.17) is 5.11 Å². The molecule has 2 rings (SSSR count). The largest absolute Gasteiger partial charge is 0.481 e. The highest BCUT2D eigenvalue weighted by molar-refractivity contribution is 5.78. The Bertz CT molecular complexity index is 537. The molecule has 0 aromatic heterocycles. The molecule has 0 spiro atoms. The van der Waals surface area contributed by atoms with Crippen molar-refractivity contribution in [2.75, 3.05) is 66.0 Å². The van der Waals surface area contributed by atoms with E-state index in [1.807, 2.05) is 0 Å². The fourth-order valence-electron chi connectivity index (χ4n) is 3.91. The first-order valence-electron chi connectivity index (χ1n) is 10.8. The summed E-state index contributed by atoms with van der Waals surface area (Å²) in [7, 11) is 2.16. The van der Waals surface area contributed by atoms with Crippen LogP contribution in [-0.2, 0) is 14.4 Å². The lowest BCUT2D eigenvalue weighted by molar-refractivity contribution is -0.137. The lowest BCUT2D eigenvalue weighted by Gasteiger charge is -2.36. The average Bonchev–Trinajstić information content (AvgIpc) is 3.10. The van der Waals surface area contributed by atoms with Gasteiger partial charge in [0.15, 0.2) is 0 Å². The van der Waals surface area contributed by atoms with Gasteiger partial charge in [-0.05, 0) is 39.3 Å². The average molecular weight is 422 g/mol.